The summed E-state index contributed by atoms with van der Waals surface area (Å²) >= 11 is 0. The zero-order chi connectivity index (χ0) is 11.9. The van der Waals surface area contributed by atoms with Crippen LogP contribution in [0.3, 0.4) is 0 Å². The van der Waals surface area contributed by atoms with E-state index in [9.17, 15) is 0 Å². The molecule has 2 aromatic heterocycles. The maximum absolute atomic E-state index is 4.54. The third-order valence-corrected chi connectivity index (χ3v) is 2.74. The first kappa shape index (κ1) is 11.1. The summed E-state index contributed by atoms with van der Waals surface area (Å²) in [4.78, 5) is 4.54. The van der Waals surface area contributed by atoms with E-state index in [1.54, 1.807) is 0 Å². The lowest BCUT2D eigenvalue weighted by Crippen LogP contribution is -2.11. The van der Waals surface area contributed by atoms with E-state index in [0.717, 1.165) is 11.5 Å². The molecule has 3 heteroatoms. The lowest BCUT2D eigenvalue weighted by Gasteiger charge is -2.18. The first-order valence-corrected chi connectivity index (χ1v) is 5.75. The van der Waals surface area contributed by atoms with Gasteiger partial charge in [-0.05, 0) is 23.1 Å². The third kappa shape index (κ3) is 1.94. The zero-order valence-corrected chi connectivity index (χ0v) is 10.7. The monoisotopic (exact) mass is 217 g/mol. The number of aromatic nitrogens is 3. The largest absolute Gasteiger partial charge is 0.221 e. The highest BCUT2D eigenvalue weighted by Gasteiger charge is 2.15. The second-order valence-corrected chi connectivity index (χ2v) is 5.59. The number of fused-ring (bicyclic) bond motifs is 1. The lowest BCUT2D eigenvalue weighted by molar-refractivity contribution is 0.589. The molecule has 0 unspecified atom stereocenters. The molecule has 0 amide bonds. The van der Waals surface area contributed by atoms with Crippen LogP contribution < -0.4 is 0 Å². The van der Waals surface area contributed by atoms with Gasteiger partial charge in [0.2, 0.25) is 0 Å². The van der Waals surface area contributed by atoms with Gasteiger partial charge < -0.3 is 0 Å². The molecule has 16 heavy (non-hydrogen) atoms. The summed E-state index contributed by atoms with van der Waals surface area (Å²) in [7, 11) is 0. The molecule has 0 aliphatic rings. The fourth-order valence-electron chi connectivity index (χ4n) is 1.61. The van der Waals surface area contributed by atoms with Gasteiger partial charge in [-0.1, -0.05) is 34.6 Å². The molecule has 0 aliphatic heterocycles. The molecule has 2 heterocycles. The van der Waals surface area contributed by atoms with E-state index in [4.69, 9.17) is 0 Å². The Labute approximate surface area is 96.5 Å². The van der Waals surface area contributed by atoms with Gasteiger partial charge in [-0.3, -0.25) is 0 Å². The van der Waals surface area contributed by atoms with Crippen molar-refractivity contribution in [3.63, 3.8) is 0 Å². The average molecular weight is 217 g/mol. The molecule has 0 aliphatic carbocycles. The SMILES string of the molecule is CC(C)c1nc2cc(C(C)(C)C)ccn2n1. The number of hydrogen-bond donors (Lipinski definition) is 0. The molecule has 0 N–H and O–H groups in total. The van der Waals surface area contributed by atoms with Crippen LogP contribution in [0.1, 0.15) is 51.9 Å². The average Bonchev–Trinajstić information content (AvgIpc) is 2.58. The Morgan fingerprint density at radius 3 is 2.50 bits per heavy atom. The second-order valence-electron chi connectivity index (χ2n) is 5.59. The van der Waals surface area contributed by atoms with E-state index in [0.29, 0.717) is 5.92 Å². The molecule has 2 aromatic rings. The van der Waals surface area contributed by atoms with E-state index < -0.39 is 0 Å². The smallest absolute Gasteiger partial charge is 0.155 e. The molecular formula is C13H19N3. The molecule has 0 atom stereocenters. The van der Waals surface area contributed by atoms with E-state index in [1.807, 2.05) is 10.7 Å². The number of rotatable bonds is 1. The van der Waals surface area contributed by atoms with Crippen molar-refractivity contribution in [1.82, 2.24) is 14.6 Å². The topological polar surface area (TPSA) is 30.2 Å². The highest BCUT2D eigenvalue weighted by Crippen LogP contribution is 2.23. The van der Waals surface area contributed by atoms with Crippen molar-refractivity contribution in [3.8, 4) is 0 Å². The molecule has 0 radical (unpaired) electrons. The van der Waals surface area contributed by atoms with E-state index in [-0.39, 0.29) is 5.41 Å². The quantitative estimate of drug-likeness (QED) is 0.734. The van der Waals surface area contributed by atoms with Gasteiger partial charge in [0.05, 0.1) is 0 Å². The number of nitrogens with zero attached hydrogens (tertiary/aromatic N) is 3. The van der Waals surface area contributed by atoms with Crippen molar-refractivity contribution >= 4 is 5.65 Å². The van der Waals surface area contributed by atoms with E-state index >= 15 is 0 Å². The summed E-state index contributed by atoms with van der Waals surface area (Å²) in [5.74, 6) is 1.28. The van der Waals surface area contributed by atoms with Gasteiger partial charge in [-0.25, -0.2) is 9.50 Å². The van der Waals surface area contributed by atoms with Crippen LogP contribution in [0, 0.1) is 0 Å². The highest BCUT2D eigenvalue weighted by atomic mass is 15.3. The van der Waals surface area contributed by atoms with Crippen LogP contribution in [0.2, 0.25) is 0 Å². The fourth-order valence-corrected chi connectivity index (χ4v) is 1.61. The summed E-state index contributed by atoms with van der Waals surface area (Å²) in [5.41, 5.74) is 2.39. The van der Waals surface area contributed by atoms with Gasteiger partial charge in [0.15, 0.2) is 11.5 Å². The Bertz CT molecular complexity index is 503. The van der Waals surface area contributed by atoms with E-state index in [1.165, 1.54) is 5.56 Å². The minimum absolute atomic E-state index is 0.158. The molecule has 0 spiro atoms. The molecule has 3 nitrogen and oxygen atoms in total. The van der Waals surface area contributed by atoms with Crippen molar-refractivity contribution < 1.29 is 0 Å². The highest BCUT2D eigenvalue weighted by molar-refractivity contribution is 5.42. The van der Waals surface area contributed by atoms with Crippen LogP contribution in [0.5, 0.6) is 0 Å². The third-order valence-electron chi connectivity index (χ3n) is 2.74. The number of hydrogen-bond acceptors (Lipinski definition) is 2. The molecule has 0 saturated heterocycles. The summed E-state index contributed by atoms with van der Waals surface area (Å²) in [6, 6.07) is 4.24. The minimum Gasteiger partial charge on any atom is -0.221 e. The van der Waals surface area contributed by atoms with Crippen molar-refractivity contribution in [1.29, 1.82) is 0 Å². The number of pyridine rings is 1. The van der Waals surface area contributed by atoms with Crippen LogP contribution in [0.15, 0.2) is 18.3 Å². The lowest BCUT2D eigenvalue weighted by atomic mass is 9.88. The van der Waals surface area contributed by atoms with Gasteiger partial charge in [-0.2, -0.15) is 5.10 Å². The first-order chi connectivity index (χ1) is 7.38. The Hall–Kier alpha value is -1.38. The summed E-state index contributed by atoms with van der Waals surface area (Å²) in [6.07, 6.45) is 1.99. The summed E-state index contributed by atoms with van der Waals surface area (Å²) in [6.45, 7) is 10.8. The van der Waals surface area contributed by atoms with E-state index in [2.05, 4.69) is 56.8 Å². The molecule has 0 saturated carbocycles. The molecule has 2 rings (SSSR count). The Morgan fingerprint density at radius 1 is 1.25 bits per heavy atom. The van der Waals surface area contributed by atoms with Crippen molar-refractivity contribution in [2.45, 2.75) is 46.0 Å². The second kappa shape index (κ2) is 3.58. The summed E-state index contributed by atoms with van der Waals surface area (Å²) < 4.78 is 1.85. The van der Waals surface area contributed by atoms with Crippen LogP contribution in [-0.2, 0) is 5.41 Å². The zero-order valence-electron chi connectivity index (χ0n) is 10.7. The van der Waals surface area contributed by atoms with Crippen molar-refractivity contribution in [2.75, 3.05) is 0 Å². The Morgan fingerprint density at radius 2 is 1.94 bits per heavy atom. The predicted molar refractivity (Wildman–Crippen MR) is 65.8 cm³/mol. The van der Waals surface area contributed by atoms with Crippen LogP contribution in [0.4, 0.5) is 0 Å². The Kier molecular flexibility index (Phi) is 2.49. The first-order valence-electron chi connectivity index (χ1n) is 5.75. The van der Waals surface area contributed by atoms with Crippen molar-refractivity contribution in [3.05, 3.63) is 29.7 Å². The van der Waals surface area contributed by atoms with Gasteiger partial charge in [0, 0.05) is 12.1 Å². The van der Waals surface area contributed by atoms with Gasteiger partial charge >= 0.3 is 0 Å². The summed E-state index contributed by atoms with van der Waals surface area (Å²) in [5, 5.41) is 4.44. The van der Waals surface area contributed by atoms with Gasteiger partial charge in [-0.15, -0.1) is 0 Å². The normalized spacial score (nSPS) is 12.6. The molecule has 86 valence electrons. The predicted octanol–water partition coefficient (Wildman–Crippen LogP) is 3.15. The molecule has 0 bridgehead atoms. The standard InChI is InChI=1S/C13H19N3/c1-9(2)12-14-11-8-10(13(3,4)5)6-7-16(11)15-12/h6-9H,1-5H3. The molecule has 0 fully saturated rings. The molecular weight excluding hydrogens is 198 g/mol. The fraction of sp³-hybridized carbons (Fsp3) is 0.538. The van der Waals surface area contributed by atoms with Crippen LogP contribution in [-0.4, -0.2) is 14.6 Å². The van der Waals surface area contributed by atoms with Crippen LogP contribution in [0.25, 0.3) is 5.65 Å². The van der Waals surface area contributed by atoms with Crippen LogP contribution >= 0.6 is 0 Å². The van der Waals surface area contributed by atoms with Gasteiger partial charge in [0.25, 0.3) is 0 Å². The van der Waals surface area contributed by atoms with Crippen molar-refractivity contribution in [2.24, 2.45) is 0 Å². The minimum atomic E-state index is 0.158. The van der Waals surface area contributed by atoms with Gasteiger partial charge in [0.1, 0.15) is 0 Å². The maximum atomic E-state index is 4.54. The maximum Gasteiger partial charge on any atom is 0.155 e. The Balaban J connectivity index is 2.54. The molecule has 0 aromatic carbocycles.